The van der Waals surface area contributed by atoms with Crippen LogP contribution >= 0.6 is 15.9 Å². The summed E-state index contributed by atoms with van der Waals surface area (Å²) in [4.78, 5) is 10.9. The van der Waals surface area contributed by atoms with Crippen molar-refractivity contribution in [2.75, 3.05) is 19.5 Å². The van der Waals surface area contributed by atoms with Gasteiger partial charge < -0.3 is 10.1 Å². The predicted octanol–water partition coefficient (Wildman–Crippen LogP) is 2.68. The molecular weight excluding hydrogens is 258 g/mol. The number of rotatable bonds is 3. The average molecular weight is 270 g/mol. The molecule has 0 aliphatic heterocycles. The molecule has 1 N–H and O–H groups in total. The minimum Gasteiger partial charge on any atom is -0.466 e. The van der Waals surface area contributed by atoms with Crippen LogP contribution in [0.3, 0.4) is 0 Å². The van der Waals surface area contributed by atoms with Crippen LogP contribution in [0.25, 0.3) is 6.08 Å². The lowest BCUT2D eigenvalue weighted by Crippen LogP contribution is -1.95. The zero-order chi connectivity index (χ0) is 11.3. The monoisotopic (exact) mass is 269 g/mol. The Bertz CT molecular complexity index is 388. The van der Waals surface area contributed by atoms with Gasteiger partial charge in [-0.15, -0.1) is 0 Å². The first-order valence-electron chi connectivity index (χ1n) is 4.40. The van der Waals surface area contributed by atoms with Crippen LogP contribution in [-0.2, 0) is 9.53 Å². The Morgan fingerprint density at radius 1 is 1.53 bits per heavy atom. The van der Waals surface area contributed by atoms with E-state index in [2.05, 4.69) is 26.0 Å². The quantitative estimate of drug-likeness (QED) is 0.678. The molecule has 0 aliphatic carbocycles. The van der Waals surface area contributed by atoms with Crippen molar-refractivity contribution in [1.82, 2.24) is 0 Å². The SMILES string of the molecule is CNc1cc(Br)ccc1/C=C/C(=O)OC. The number of halogens is 1. The average Bonchev–Trinajstić information content (AvgIpc) is 2.26. The molecule has 15 heavy (non-hydrogen) atoms. The molecule has 0 fully saturated rings. The molecular formula is C11H12BrNO2. The number of esters is 1. The van der Waals surface area contributed by atoms with Crippen molar-refractivity contribution < 1.29 is 9.53 Å². The maximum Gasteiger partial charge on any atom is 0.330 e. The number of hydrogen-bond donors (Lipinski definition) is 1. The first kappa shape index (κ1) is 11.8. The minimum atomic E-state index is -0.361. The summed E-state index contributed by atoms with van der Waals surface area (Å²) >= 11 is 3.38. The molecule has 0 aliphatic rings. The number of carbonyl (C=O) groups excluding carboxylic acids is 1. The van der Waals surface area contributed by atoms with Gasteiger partial charge in [-0.25, -0.2) is 4.79 Å². The van der Waals surface area contributed by atoms with E-state index in [1.165, 1.54) is 13.2 Å². The predicted molar refractivity (Wildman–Crippen MR) is 64.7 cm³/mol. The third kappa shape index (κ3) is 3.40. The molecule has 0 amide bonds. The van der Waals surface area contributed by atoms with Gasteiger partial charge in [0.05, 0.1) is 7.11 Å². The molecule has 80 valence electrons. The zero-order valence-corrected chi connectivity index (χ0v) is 10.2. The van der Waals surface area contributed by atoms with E-state index >= 15 is 0 Å². The van der Waals surface area contributed by atoms with E-state index in [9.17, 15) is 4.79 Å². The van der Waals surface area contributed by atoms with Crippen molar-refractivity contribution in [1.29, 1.82) is 0 Å². The van der Waals surface area contributed by atoms with Crippen molar-refractivity contribution in [2.45, 2.75) is 0 Å². The number of anilines is 1. The normalized spacial score (nSPS) is 10.3. The van der Waals surface area contributed by atoms with Gasteiger partial charge in [-0.1, -0.05) is 22.0 Å². The Balaban J connectivity index is 2.94. The number of hydrogen-bond acceptors (Lipinski definition) is 3. The Morgan fingerprint density at radius 3 is 2.87 bits per heavy atom. The van der Waals surface area contributed by atoms with Crippen molar-refractivity contribution in [3.63, 3.8) is 0 Å². The molecule has 0 saturated carbocycles. The molecule has 1 rings (SSSR count). The highest BCUT2D eigenvalue weighted by Gasteiger charge is 1.99. The van der Waals surface area contributed by atoms with Crippen LogP contribution in [0.15, 0.2) is 28.7 Å². The summed E-state index contributed by atoms with van der Waals surface area (Å²) in [5, 5.41) is 3.04. The topological polar surface area (TPSA) is 38.3 Å². The minimum absolute atomic E-state index is 0.361. The smallest absolute Gasteiger partial charge is 0.330 e. The molecule has 0 bridgehead atoms. The fourth-order valence-electron chi connectivity index (χ4n) is 1.12. The van der Waals surface area contributed by atoms with Crippen molar-refractivity contribution in [3.8, 4) is 0 Å². The zero-order valence-electron chi connectivity index (χ0n) is 8.58. The number of carbonyl (C=O) groups is 1. The molecule has 0 saturated heterocycles. The van der Waals surface area contributed by atoms with Crippen LogP contribution in [0.2, 0.25) is 0 Å². The van der Waals surface area contributed by atoms with Gasteiger partial charge in [0, 0.05) is 23.3 Å². The second kappa shape index (κ2) is 5.56. The van der Waals surface area contributed by atoms with E-state index in [-0.39, 0.29) is 5.97 Å². The lowest BCUT2D eigenvalue weighted by molar-refractivity contribution is -0.134. The van der Waals surface area contributed by atoms with Gasteiger partial charge in [0.25, 0.3) is 0 Å². The third-order valence-corrected chi connectivity index (χ3v) is 2.38. The fourth-order valence-corrected chi connectivity index (χ4v) is 1.48. The van der Waals surface area contributed by atoms with Crippen LogP contribution < -0.4 is 5.32 Å². The maximum atomic E-state index is 10.9. The van der Waals surface area contributed by atoms with Crippen molar-refractivity contribution in [2.24, 2.45) is 0 Å². The van der Waals surface area contributed by atoms with Crippen LogP contribution in [-0.4, -0.2) is 20.1 Å². The van der Waals surface area contributed by atoms with Crippen LogP contribution in [0, 0.1) is 0 Å². The highest BCUT2D eigenvalue weighted by atomic mass is 79.9. The Morgan fingerprint density at radius 2 is 2.27 bits per heavy atom. The van der Waals surface area contributed by atoms with E-state index in [1.807, 2.05) is 25.2 Å². The van der Waals surface area contributed by atoms with Gasteiger partial charge in [0.2, 0.25) is 0 Å². The number of ether oxygens (including phenoxy) is 1. The molecule has 3 nitrogen and oxygen atoms in total. The van der Waals surface area contributed by atoms with Crippen LogP contribution in [0.5, 0.6) is 0 Å². The number of benzene rings is 1. The molecule has 1 aromatic rings. The van der Waals surface area contributed by atoms with E-state index in [0.29, 0.717) is 0 Å². The van der Waals surface area contributed by atoms with Gasteiger partial charge in [-0.3, -0.25) is 0 Å². The Hall–Kier alpha value is -1.29. The fraction of sp³-hybridized carbons (Fsp3) is 0.182. The Kier molecular flexibility index (Phi) is 4.37. The molecule has 0 heterocycles. The van der Waals surface area contributed by atoms with Gasteiger partial charge >= 0.3 is 5.97 Å². The second-order valence-corrected chi connectivity index (χ2v) is 3.75. The van der Waals surface area contributed by atoms with Gasteiger partial charge in [0.1, 0.15) is 0 Å². The lowest BCUT2D eigenvalue weighted by atomic mass is 10.1. The first-order valence-corrected chi connectivity index (χ1v) is 5.20. The Labute approximate surface area is 97.3 Å². The molecule has 0 spiro atoms. The lowest BCUT2D eigenvalue weighted by Gasteiger charge is -2.05. The van der Waals surface area contributed by atoms with Crippen molar-refractivity contribution in [3.05, 3.63) is 34.3 Å². The molecule has 4 heteroatoms. The van der Waals surface area contributed by atoms with Crippen LogP contribution in [0.1, 0.15) is 5.56 Å². The summed E-state index contributed by atoms with van der Waals surface area (Å²) in [5.41, 5.74) is 1.88. The highest BCUT2D eigenvalue weighted by molar-refractivity contribution is 9.10. The molecule has 0 radical (unpaired) electrons. The van der Waals surface area contributed by atoms with Crippen molar-refractivity contribution >= 4 is 33.7 Å². The summed E-state index contributed by atoms with van der Waals surface area (Å²) in [5.74, 6) is -0.361. The van der Waals surface area contributed by atoms with E-state index in [0.717, 1.165) is 15.7 Å². The number of nitrogens with one attached hydrogen (secondary N) is 1. The standard InChI is InChI=1S/C11H12BrNO2/c1-13-10-7-9(12)5-3-8(10)4-6-11(14)15-2/h3-7,13H,1-2H3/b6-4+. The highest BCUT2D eigenvalue weighted by Crippen LogP contribution is 2.22. The van der Waals surface area contributed by atoms with E-state index in [1.54, 1.807) is 6.08 Å². The molecule has 0 atom stereocenters. The number of methoxy groups -OCH3 is 1. The summed E-state index contributed by atoms with van der Waals surface area (Å²) in [6, 6.07) is 5.77. The van der Waals surface area contributed by atoms with Gasteiger partial charge in [-0.2, -0.15) is 0 Å². The second-order valence-electron chi connectivity index (χ2n) is 2.84. The summed E-state index contributed by atoms with van der Waals surface area (Å²) in [7, 11) is 3.19. The maximum absolute atomic E-state index is 10.9. The van der Waals surface area contributed by atoms with Crippen LogP contribution in [0.4, 0.5) is 5.69 Å². The largest absolute Gasteiger partial charge is 0.466 e. The van der Waals surface area contributed by atoms with Gasteiger partial charge in [0.15, 0.2) is 0 Å². The van der Waals surface area contributed by atoms with E-state index in [4.69, 9.17) is 0 Å². The molecule has 0 unspecified atom stereocenters. The summed E-state index contributed by atoms with van der Waals surface area (Å²) < 4.78 is 5.50. The third-order valence-electron chi connectivity index (χ3n) is 1.88. The molecule has 1 aromatic carbocycles. The molecule has 0 aromatic heterocycles. The van der Waals surface area contributed by atoms with E-state index < -0.39 is 0 Å². The summed E-state index contributed by atoms with van der Waals surface area (Å²) in [6.07, 6.45) is 3.11. The first-order chi connectivity index (χ1) is 7.17. The summed E-state index contributed by atoms with van der Waals surface area (Å²) in [6.45, 7) is 0. The van der Waals surface area contributed by atoms with Gasteiger partial charge in [-0.05, 0) is 23.8 Å².